The predicted molar refractivity (Wildman–Crippen MR) is 69.8 cm³/mol. The molecule has 0 heterocycles. The first-order valence-corrected chi connectivity index (χ1v) is 7.21. The topological polar surface area (TPSA) is 20.2 Å². The number of hydrogen-bond donors (Lipinski definition) is 1. The van der Waals surface area contributed by atoms with Crippen molar-refractivity contribution < 1.29 is 9.50 Å². The molecule has 0 saturated heterocycles. The van der Waals surface area contributed by atoms with Crippen LogP contribution in [0.25, 0.3) is 0 Å². The molecule has 1 atom stereocenters. The highest BCUT2D eigenvalue weighted by Gasteiger charge is 2.43. The number of benzene rings is 1. The van der Waals surface area contributed by atoms with Crippen molar-refractivity contribution in [2.45, 2.75) is 57.0 Å². The molecule has 1 aromatic carbocycles. The van der Waals surface area contributed by atoms with E-state index >= 15 is 0 Å². The Morgan fingerprint density at radius 1 is 1.11 bits per heavy atom. The monoisotopic (exact) mass is 248 g/mol. The Morgan fingerprint density at radius 2 is 1.83 bits per heavy atom. The minimum atomic E-state index is -0.687. The third-order valence-corrected chi connectivity index (χ3v) is 4.84. The molecule has 0 aromatic heterocycles. The van der Waals surface area contributed by atoms with E-state index in [0.29, 0.717) is 5.92 Å². The molecule has 1 N–H and O–H groups in total. The minimum Gasteiger partial charge on any atom is -0.385 e. The van der Waals surface area contributed by atoms with E-state index in [1.54, 1.807) is 6.07 Å². The summed E-state index contributed by atoms with van der Waals surface area (Å²) in [5.74, 6) is 0.186. The molecule has 0 radical (unpaired) electrons. The number of aliphatic hydroxyl groups is 1. The molecule has 0 spiro atoms. The molecule has 0 aliphatic heterocycles. The van der Waals surface area contributed by atoms with Crippen molar-refractivity contribution in [3.05, 3.63) is 35.1 Å². The van der Waals surface area contributed by atoms with Crippen molar-refractivity contribution in [2.75, 3.05) is 0 Å². The molecular weight excluding hydrogens is 227 g/mol. The second-order valence-corrected chi connectivity index (χ2v) is 5.91. The number of aryl methyl sites for hydroxylation is 1. The Hall–Kier alpha value is -0.890. The lowest BCUT2D eigenvalue weighted by atomic mass is 9.78. The van der Waals surface area contributed by atoms with Crippen LogP contribution in [0.4, 0.5) is 4.39 Å². The summed E-state index contributed by atoms with van der Waals surface area (Å²) in [5.41, 5.74) is 1.32. The smallest absolute Gasteiger partial charge is 0.123 e. The molecule has 3 rings (SSSR count). The van der Waals surface area contributed by atoms with Gasteiger partial charge in [0.1, 0.15) is 5.82 Å². The van der Waals surface area contributed by atoms with Crippen LogP contribution < -0.4 is 0 Å². The molecular formula is C16H21FO. The van der Waals surface area contributed by atoms with Gasteiger partial charge in [-0.3, -0.25) is 0 Å². The van der Waals surface area contributed by atoms with Crippen LogP contribution in [0.5, 0.6) is 0 Å². The first-order chi connectivity index (χ1) is 8.70. The lowest BCUT2D eigenvalue weighted by Crippen LogP contribution is -2.32. The van der Waals surface area contributed by atoms with Crippen LogP contribution in [0.15, 0.2) is 18.2 Å². The molecule has 0 bridgehead atoms. The van der Waals surface area contributed by atoms with Crippen LogP contribution in [-0.4, -0.2) is 5.11 Å². The highest BCUT2D eigenvalue weighted by atomic mass is 19.1. The van der Waals surface area contributed by atoms with Crippen LogP contribution in [0, 0.1) is 11.7 Å². The number of hydrogen-bond acceptors (Lipinski definition) is 1. The van der Waals surface area contributed by atoms with Gasteiger partial charge < -0.3 is 5.11 Å². The fourth-order valence-corrected chi connectivity index (χ4v) is 3.83. The molecule has 1 nitrogen and oxygen atoms in total. The molecule has 98 valence electrons. The average Bonchev–Trinajstić information content (AvgIpc) is 2.59. The van der Waals surface area contributed by atoms with Crippen molar-refractivity contribution in [2.24, 2.45) is 5.92 Å². The third-order valence-electron chi connectivity index (χ3n) is 4.84. The highest BCUT2D eigenvalue weighted by molar-refractivity contribution is 5.38. The largest absolute Gasteiger partial charge is 0.385 e. The predicted octanol–water partition coefficient (Wildman–Crippen LogP) is 3.93. The van der Waals surface area contributed by atoms with Crippen LogP contribution in [-0.2, 0) is 12.0 Å². The van der Waals surface area contributed by atoms with Gasteiger partial charge in [-0.15, -0.1) is 0 Å². The van der Waals surface area contributed by atoms with Gasteiger partial charge in [-0.05, 0) is 54.9 Å². The molecule has 18 heavy (non-hydrogen) atoms. The second-order valence-electron chi connectivity index (χ2n) is 5.91. The third kappa shape index (κ3) is 1.97. The van der Waals surface area contributed by atoms with E-state index in [-0.39, 0.29) is 5.82 Å². The molecule has 1 fully saturated rings. The van der Waals surface area contributed by atoms with E-state index in [9.17, 15) is 9.50 Å². The summed E-state index contributed by atoms with van der Waals surface area (Å²) in [6, 6.07) is 4.90. The molecule has 2 aliphatic rings. The molecule has 2 heteroatoms. The van der Waals surface area contributed by atoms with Crippen molar-refractivity contribution >= 4 is 0 Å². The van der Waals surface area contributed by atoms with E-state index in [0.717, 1.165) is 36.8 Å². The highest BCUT2D eigenvalue weighted by Crippen LogP contribution is 2.46. The lowest BCUT2D eigenvalue weighted by Gasteiger charge is -2.33. The average molecular weight is 248 g/mol. The second kappa shape index (κ2) is 4.65. The Bertz CT molecular complexity index is 435. The summed E-state index contributed by atoms with van der Waals surface area (Å²) in [5, 5.41) is 11.1. The van der Waals surface area contributed by atoms with Gasteiger partial charge in [-0.2, -0.15) is 0 Å². The molecule has 2 aliphatic carbocycles. The SMILES string of the molecule is OC1(C2CCCCCC2)CCc2cc(F)ccc21. The normalized spacial score (nSPS) is 29.0. The van der Waals surface area contributed by atoms with E-state index in [1.165, 1.54) is 31.7 Å². The van der Waals surface area contributed by atoms with Gasteiger partial charge >= 0.3 is 0 Å². The van der Waals surface area contributed by atoms with E-state index < -0.39 is 5.60 Å². The first kappa shape index (κ1) is 12.2. The number of halogens is 1. The van der Waals surface area contributed by atoms with Crippen molar-refractivity contribution in [1.29, 1.82) is 0 Å². The van der Waals surface area contributed by atoms with Gasteiger partial charge in [-0.25, -0.2) is 4.39 Å². The minimum absolute atomic E-state index is 0.182. The van der Waals surface area contributed by atoms with Gasteiger partial charge in [0.2, 0.25) is 0 Å². The molecule has 1 saturated carbocycles. The van der Waals surface area contributed by atoms with E-state index in [2.05, 4.69) is 0 Å². The Morgan fingerprint density at radius 3 is 2.56 bits per heavy atom. The zero-order valence-corrected chi connectivity index (χ0v) is 10.8. The van der Waals surface area contributed by atoms with E-state index in [1.807, 2.05) is 6.07 Å². The summed E-state index contributed by atoms with van der Waals surface area (Å²) in [7, 11) is 0. The van der Waals surface area contributed by atoms with Crippen LogP contribution in [0.1, 0.15) is 56.1 Å². The maximum atomic E-state index is 13.2. The number of fused-ring (bicyclic) bond motifs is 1. The van der Waals surface area contributed by atoms with Crippen LogP contribution >= 0.6 is 0 Å². The van der Waals surface area contributed by atoms with Crippen LogP contribution in [0.2, 0.25) is 0 Å². The maximum absolute atomic E-state index is 13.2. The Balaban J connectivity index is 1.92. The summed E-state index contributed by atoms with van der Waals surface area (Å²) in [6.07, 6.45) is 8.87. The summed E-state index contributed by atoms with van der Waals surface area (Å²) >= 11 is 0. The molecule has 0 amide bonds. The van der Waals surface area contributed by atoms with Crippen molar-refractivity contribution in [3.8, 4) is 0 Å². The van der Waals surface area contributed by atoms with Gasteiger partial charge in [0.15, 0.2) is 0 Å². The Labute approximate surface area is 108 Å². The zero-order chi connectivity index (χ0) is 12.6. The van der Waals surface area contributed by atoms with Crippen molar-refractivity contribution in [3.63, 3.8) is 0 Å². The summed E-state index contributed by atoms with van der Waals surface area (Å²) in [4.78, 5) is 0. The first-order valence-electron chi connectivity index (χ1n) is 7.21. The van der Waals surface area contributed by atoms with Gasteiger partial charge in [-0.1, -0.05) is 31.7 Å². The van der Waals surface area contributed by atoms with Gasteiger partial charge in [0.25, 0.3) is 0 Å². The fourth-order valence-electron chi connectivity index (χ4n) is 3.83. The Kier molecular flexibility index (Phi) is 3.14. The van der Waals surface area contributed by atoms with Gasteiger partial charge in [0.05, 0.1) is 5.60 Å². The zero-order valence-electron chi connectivity index (χ0n) is 10.8. The molecule has 1 aromatic rings. The molecule has 1 unspecified atom stereocenters. The quantitative estimate of drug-likeness (QED) is 0.747. The summed E-state index contributed by atoms with van der Waals surface area (Å²) in [6.45, 7) is 0. The standard InChI is InChI=1S/C16H21FO/c17-14-7-8-15-12(11-14)9-10-16(15,18)13-5-3-1-2-4-6-13/h7-8,11,13,18H,1-6,9-10H2. The van der Waals surface area contributed by atoms with Gasteiger partial charge in [0, 0.05) is 0 Å². The number of rotatable bonds is 1. The maximum Gasteiger partial charge on any atom is 0.123 e. The van der Waals surface area contributed by atoms with Crippen molar-refractivity contribution in [1.82, 2.24) is 0 Å². The van der Waals surface area contributed by atoms with Crippen LogP contribution in [0.3, 0.4) is 0 Å². The van der Waals surface area contributed by atoms with E-state index in [4.69, 9.17) is 0 Å². The lowest BCUT2D eigenvalue weighted by molar-refractivity contribution is -0.0287. The fraction of sp³-hybridized carbons (Fsp3) is 0.625. The summed E-state index contributed by atoms with van der Waals surface area (Å²) < 4.78 is 13.2.